The van der Waals surface area contributed by atoms with E-state index in [0.29, 0.717) is 23.8 Å². The van der Waals surface area contributed by atoms with Crippen LogP contribution in [0.5, 0.6) is 5.75 Å². The molecular formula is C20H24N4O3. The van der Waals surface area contributed by atoms with Crippen molar-refractivity contribution >= 4 is 11.9 Å². The van der Waals surface area contributed by atoms with Crippen LogP contribution in [0.1, 0.15) is 38.3 Å². The summed E-state index contributed by atoms with van der Waals surface area (Å²) >= 11 is 0. The third-order valence-corrected chi connectivity index (χ3v) is 4.29. The van der Waals surface area contributed by atoms with Gasteiger partial charge in [0, 0.05) is 5.70 Å². The van der Waals surface area contributed by atoms with E-state index >= 15 is 0 Å². The second-order valence-corrected chi connectivity index (χ2v) is 6.26. The maximum absolute atomic E-state index is 12.7. The van der Waals surface area contributed by atoms with Crippen LogP contribution in [0.3, 0.4) is 0 Å². The van der Waals surface area contributed by atoms with Gasteiger partial charge in [-0.3, -0.25) is 0 Å². The van der Waals surface area contributed by atoms with Crippen LogP contribution in [-0.4, -0.2) is 33.9 Å². The van der Waals surface area contributed by atoms with Crippen LogP contribution in [0.15, 0.2) is 54.5 Å². The Morgan fingerprint density at radius 2 is 2.30 bits per heavy atom. The molecule has 2 heterocycles. The van der Waals surface area contributed by atoms with Crippen LogP contribution in [-0.2, 0) is 9.53 Å². The fourth-order valence-electron chi connectivity index (χ4n) is 2.98. The second-order valence-electron chi connectivity index (χ2n) is 6.26. The number of aromatic nitrogens is 3. The molecule has 3 rings (SSSR count). The zero-order valence-corrected chi connectivity index (χ0v) is 15.6. The number of hydrogen-bond donors (Lipinski definition) is 1. The van der Waals surface area contributed by atoms with Crippen LogP contribution in [0.2, 0.25) is 0 Å². The molecule has 1 N–H and O–H groups in total. The van der Waals surface area contributed by atoms with Crippen molar-refractivity contribution in [3.05, 3.63) is 60.1 Å². The number of ether oxygens (including phenoxy) is 2. The number of esters is 1. The van der Waals surface area contributed by atoms with Gasteiger partial charge in [0.05, 0.1) is 12.2 Å². The maximum Gasteiger partial charge on any atom is 0.338 e. The molecule has 2 aromatic rings. The lowest BCUT2D eigenvalue weighted by Crippen LogP contribution is -2.29. The van der Waals surface area contributed by atoms with E-state index in [-0.39, 0.29) is 6.61 Å². The topological polar surface area (TPSA) is 78.3 Å². The first-order valence-corrected chi connectivity index (χ1v) is 9.03. The van der Waals surface area contributed by atoms with Gasteiger partial charge in [-0.1, -0.05) is 38.1 Å². The number of anilines is 1. The molecule has 0 saturated carbocycles. The highest BCUT2D eigenvalue weighted by molar-refractivity contribution is 5.92. The predicted molar refractivity (Wildman–Crippen MR) is 102 cm³/mol. The zero-order valence-electron chi connectivity index (χ0n) is 15.6. The van der Waals surface area contributed by atoms with E-state index in [2.05, 4.69) is 28.9 Å². The minimum absolute atomic E-state index is 0.146. The van der Waals surface area contributed by atoms with E-state index in [9.17, 15) is 4.79 Å². The second kappa shape index (κ2) is 8.53. The Morgan fingerprint density at radius 1 is 1.44 bits per heavy atom. The maximum atomic E-state index is 12.7. The minimum Gasteiger partial charge on any atom is -0.494 e. The molecule has 7 nitrogen and oxygen atoms in total. The van der Waals surface area contributed by atoms with Gasteiger partial charge in [0.15, 0.2) is 0 Å². The number of rotatable bonds is 8. The lowest BCUT2D eigenvalue weighted by molar-refractivity contribution is -0.138. The molecule has 0 fully saturated rings. The van der Waals surface area contributed by atoms with Crippen molar-refractivity contribution in [2.45, 2.75) is 32.7 Å². The van der Waals surface area contributed by atoms with Crippen molar-refractivity contribution in [2.24, 2.45) is 0 Å². The standard InChI is InChI=1S/C20H24N4O3/c1-4-6-11-26-16-9-7-8-15(12-16)18-17(19(25)27-10-5-2)14(3)23-20-21-13-22-24(18)20/h5,7-9,12-13,18H,2,4,6,10-11H2,1,3H3,(H,21,22,23). The van der Waals surface area contributed by atoms with E-state index in [1.807, 2.05) is 31.2 Å². The molecule has 0 bridgehead atoms. The SMILES string of the molecule is C=CCOC(=O)C1=C(C)Nc2ncnn2C1c1cccc(OCCCC)c1. The summed E-state index contributed by atoms with van der Waals surface area (Å²) in [4.78, 5) is 16.9. The number of carbonyl (C=O) groups excluding carboxylic acids is 1. The summed E-state index contributed by atoms with van der Waals surface area (Å²) in [6, 6.07) is 7.26. The Morgan fingerprint density at radius 3 is 3.07 bits per heavy atom. The highest BCUT2D eigenvalue weighted by Crippen LogP contribution is 2.36. The predicted octanol–water partition coefficient (Wildman–Crippen LogP) is 3.48. The zero-order chi connectivity index (χ0) is 19.2. The minimum atomic E-state index is -0.448. The first-order chi connectivity index (χ1) is 13.2. The Labute approximate surface area is 158 Å². The number of nitrogens with zero attached hydrogens (tertiary/aromatic N) is 3. The molecule has 1 aromatic carbocycles. The van der Waals surface area contributed by atoms with E-state index < -0.39 is 12.0 Å². The van der Waals surface area contributed by atoms with Crippen LogP contribution in [0.4, 0.5) is 5.95 Å². The molecule has 1 aliphatic heterocycles. The molecule has 7 heteroatoms. The molecule has 27 heavy (non-hydrogen) atoms. The molecule has 1 unspecified atom stereocenters. The quantitative estimate of drug-likeness (QED) is 0.437. The largest absolute Gasteiger partial charge is 0.494 e. The molecule has 142 valence electrons. The molecule has 0 amide bonds. The molecule has 0 saturated heterocycles. The summed E-state index contributed by atoms with van der Waals surface area (Å²) in [6.45, 7) is 8.35. The van der Waals surface area contributed by atoms with E-state index in [1.54, 1.807) is 10.8 Å². The van der Waals surface area contributed by atoms with Crippen LogP contribution >= 0.6 is 0 Å². The highest BCUT2D eigenvalue weighted by atomic mass is 16.5. The van der Waals surface area contributed by atoms with Crippen molar-refractivity contribution in [3.8, 4) is 5.75 Å². The number of carbonyl (C=O) groups is 1. The number of nitrogens with one attached hydrogen (secondary N) is 1. The molecule has 0 radical (unpaired) electrons. The summed E-state index contributed by atoms with van der Waals surface area (Å²) in [5, 5.41) is 7.42. The van der Waals surface area contributed by atoms with Gasteiger partial charge in [-0.15, -0.1) is 0 Å². The summed E-state index contributed by atoms with van der Waals surface area (Å²) in [5.41, 5.74) is 2.05. The van der Waals surface area contributed by atoms with Crippen LogP contribution < -0.4 is 10.1 Å². The van der Waals surface area contributed by atoms with E-state index in [4.69, 9.17) is 9.47 Å². The van der Waals surface area contributed by atoms with Gasteiger partial charge in [0.2, 0.25) is 5.95 Å². The Balaban J connectivity index is 1.98. The summed E-state index contributed by atoms with van der Waals surface area (Å²) in [5.74, 6) is 0.927. The van der Waals surface area contributed by atoms with Crippen molar-refractivity contribution in [1.82, 2.24) is 14.8 Å². The molecule has 0 aliphatic carbocycles. The van der Waals surface area contributed by atoms with Crippen molar-refractivity contribution < 1.29 is 14.3 Å². The lowest BCUT2D eigenvalue weighted by Gasteiger charge is -2.28. The number of hydrogen-bond acceptors (Lipinski definition) is 6. The smallest absolute Gasteiger partial charge is 0.338 e. The van der Waals surface area contributed by atoms with Gasteiger partial charge in [-0.2, -0.15) is 10.1 Å². The molecule has 1 aliphatic rings. The first kappa shape index (κ1) is 18.7. The monoisotopic (exact) mass is 368 g/mol. The van der Waals surface area contributed by atoms with Gasteiger partial charge in [-0.25, -0.2) is 9.48 Å². The van der Waals surface area contributed by atoms with Crippen molar-refractivity contribution in [3.63, 3.8) is 0 Å². The third kappa shape index (κ3) is 4.02. The van der Waals surface area contributed by atoms with Crippen LogP contribution in [0.25, 0.3) is 0 Å². The third-order valence-electron chi connectivity index (χ3n) is 4.29. The van der Waals surface area contributed by atoms with E-state index in [1.165, 1.54) is 6.33 Å². The highest BCUT2D eigenvalue weighted by Gasteiger charge is 2.34. The van der Waals surface area contributed by atoms with Crippen molar-refractivity contribution in [1.29, 1.82) is 0 Å². The summed E-state index contributed by atoms with van der Waals surface area (Å²) < 4.78 is 12.8. The average Bonchev–Trinajstić information content (AvgIpc) is 3.13. The van der Waals surface area contributed by atoms with Gasteiger partial charge in [-0.05, 0) is 31.0 Å². The Hall–Kier alpha value is -3.09. The number of benzene rings is 1. The molecule has 1 atom stereocenters. The van der Waals surface area contributed by atoms with Gasteiger partial charge in [0.1, 0.15) is 24.7 Å². The number of allylic oxidation sites excluding steroid dienone is 1. The lowest BCUT2D eigenvalue weighted by atomic mass is 9.95. The van der Waals surface area contributed by atoms with Crippen LogP contribution in [0, 0.1) is 0 Å². The number of fused-ring (bicyclic) bond motifs is 1. The Bertz CT molecular complexity index is 856. The van der Waals surface area contributed by atoms with Gasteiger partial charge < -0.3 is 14.8 Å². The first-order valence-electron chi connectivity index (χ1n) is 9.03. The summed E-state index contributed by atoms with van der Waals surface area (Å²) in [7, 11) is 0. The fraction of sp³-hybridized carbons (Fsp3) is 0.350. The molecule has 1 aromatic heterocycles. The van der Waals surface area contributed by atoms with E-state index in [0.717, 1.165) is 24.2 Å². The summed E-state index contributed by atoms with van der Waals surface area (Å²) in [6.07, 6.45) is 5.06. The normalized spacial score (nSPS) is 15.7. The van der Waals surface area contributed by atoms with Crippen molar-refractivity contribution in [2.75, 3.05) is 18.5 Å². The molecular weight excluding hydrogens is 344 g/mol. The van der Waals surface area contributed by atoms with Gasteiger partial charge in [0.25, 0.3) is 0 Å². The van der Waals surface area contributed by atoms with Gasteiger partial charge >= 0.3 is 5.97 Å². The fourth-order valence-corrected chi connectivity index (χ4v) is 2.98. The number of unbranched alkanes of at least 4 members (excludes halogenated alkanes) is 1. The molecule has 0 spiro atoms. The average molecular weight is 368 g/mol. The Kier molecular flexibility index (Phi) is 5.90.